The third-order valence-corrected chi connectivity index (χ3v) is 6.84. The van der Waals surface area contributed by atoms with Crippen LogP contribution in [0.25, 0.3) is 10.8 Å². The summed E-state index contributed by atoms with van der Waals surface area (Å²) in [4.78, 5) is 35.9. The molecule has 35 heavy (non-hydrogen) atoms. The molecule has 1 saturated heterocycles. The molecule has 0 unspecified atom stereocenters. The molecule has 7 nitrogen and oxygen atoms in total. The summed E-state index contributed by atoms with van der Waals surface area (Å²) in [6, 6.07) is 23.7. The number of hydrogen-bond acceptors (Lipinski definition) is 4. The highest BCUT2D eigenvalue weighted by molar-refractivity contribution is 6.27. The van der Waals surface area contributed by atoms with Crippen molar-refractivity contribution >= 4 is 28.6 Å². The van der Waals surface area contributed by atoms with Crippen molar-refractivity contribution in [3.05, 3.63) is 83.4 Å². The Hall–Kier alpha value is -3.71. The first-order valence-electron chi connectivity index (χ1n) is 11.9. The van der Waals surface area contributed by atoms with Crippen molar-refractivity contribution in [2.45, 2.75) is 32.4 Å². The monoisotopic (exact) mass is 474 g/mol. The third kappa shape index (κ3) is 6.05. The normalized spacial score (nSPS) is 16.2. The van der Waals surface area contributed by atoms with Crippen LogP contribution < -0.4 is 0 Å². The number of nitrogens with zero attached hydrogens (tertiary/aromatic N) is 2. The van der Waals surface area contributed by atoms with Gasteiger partial charge in [0.15, 0.2) is 0 Å². The molecule has 3 aromatic rings. The highest BCUT2D eigenvalue weighted by atomic mass is 16.4. The van der Waals surface area contributed by atoms with E-state index in [1.165, 1.54) is 27.5 Å². The molecule has 0 aliphatic carbocycles. The molecule has 1 fully saturated rings. The largest absolute Gasteiger partial charge is 0.473 e. The fraction of sp³-hybridized carbons (Fsp3) is 0.321. The van der Waals surface area contributed by atoms with Gasteiger partial charge >= 0.3 is 11.9 Å². The molecule has 2 heterocycles. The highest BCUT2D eigenvalue weighted by Crippen LogP contribution is 2.26. The Balaban J connectivity index is 0.000000431. The average Bonchev–Trinajstić information content (AvgIpc) is 2.89. The first-order chi connectivity index (χ1) is 16.9. The molecule has 0 atom stereocenters. The number of carboxylic acid groups (broad SMARTS) is 2. The molecule has 1 amide bonds. The standard InChI is InChI=1S/C26H28N2O.C2H2O4/c29-26(28-17-14-20-6-1-2-8-23(20)19-28)22-12-15-27(16-13-22)18-24-10-5-9-21-7-3-4-11-25(21)24;3-1(4)2(5)6/h1-11,22H,12-19H2;(H,3,4)(H,5,6). The van der Waals surface area contributed by atoms with Crippen molar-refractivity contribution in [1.29, 1.82) is 0 Å². The van der Waals surface area contributed by atoms with Crippen molar-refractivity contribution in [2.75, 3.05) is 19.6 Å². The number of amides is 1. The lowest BCUT2D eigenvalue weighted by molar-refractivity contribution is -0.159. The third-order valence-electron chi connectivity index (χ3n) is 6.84. The Bertz CT molecular complexity index is 1200. The molecule has 0 bridgehead atoms. The Morgan fingerprint density at radius 3 is 2.11 bits per heavy atom. The molecule has 5 rings (SSSR count). The molecule has 2 aliphatic rings. The van der Waals surface area contributed by atoms with E-state index in [0.29, 0.717) is 5.91 Å². The minimum absolute atomic E-state index is 0.184. The van der Waals surface area contributed by atoms with Gasteiger partial charge in [-0.2, -0.15) is 0 Å². The predicted molar refractivity (Wildman–Crippen MR) is 133 cm³/mol. The lowest BCUT2D eigenvalue weighted by Gasteiger charge is -2.36. The molecule has 0 radical (unpaired) electrons. The number of aliphatic carboxylic acids is 2. The summed E-state index contributed by atoms with van der Waals surface area (Å²) < 4.78 is 0. The zero-order chi connectivity index (χ0) is 24.8. The fourth-order valence-corrected chi connectivity index (χ4v) is 4.95. The minimum Gasteiger partial charge on any atom is -0.473 e. The van der Waals surface area contributed by atoms with Crippen molar-refractivity contribution < 1.29 is 24.6 Å². The lowest BCUT2D eigenvalue weighted by Crippen LogP contribution is -2.44. The smallest absolute Gasteiger partial charge is 0.414 e. The van der Waals surface area contributed by atoms with Crippen LogP contribution in [0.5, 0.6) is 0 Å². The van der Waals surface area contributed by atoms with E-state index in [1.807, 2.05) is 0 Å². The van der Waals surface area contributed by atoms with Gasteiger partial charge in [0.25, 0.3) is 0 Å². The quantitative estimate of drug-likeness (QED) is 0.561. The van der Waals surface area contributed by atoms with Gasteiger partial charge in [0, 0.05) is 25.6 Å². The van der Waals surface area contributed by atoms with E-state index in [9.17, 15) is 4.79 Å². The summed E-state index contributed by atoms with van der Waals surface area (Å²) in [6.45, 7) is 4.63. The second kappa shape index (κ2) is 11.1. The van der Waals surface area contributed by atoms with Crippen LogP contribution in [0.3, 0.4) is 0 Å². The number of piperidine rings is 1. The number of carbonyl (C=O) groups is 3. The van der Waals surface area contributed by atoms with Crippen molar-refractivity contribution in [3.63, 3.8) is 0 Å². The van der Waals surface area contributed by atoms with Crippen LogP contribution in [0.1, 0.15) is 29.5 Å². The maximum atomic E-state index is 13.1. The van der Waals surface area contributed by atoms with Crippen molar-refractivity contribution in [3.8, 4) is 0 Å². The first kappa shape index (κ1) is 24.4. The van der Waals surface area contributed by atoms with Gasteiger partial charge in [-0.3, -0.25) is 9.69 Å². The molecule has 3 aromatic carbocycles. The van der Waals surface area contributed by atoms with Crippen molar-refractivity contribution in [2.24, 2.45) is 5.92 Å². The molecule has 2 aliphatic heterocycles. The maximum absolute atomic E-state index is 13.1. The lowest BCUT2D eigenvalue weighted by atomic mass is 9.92. The van der Waals surface area contributed by atoms with Gasteiger partial charge in [-0.25, -0.2) is 9.59 Å². The molecule has 0 spiro atoms. The minimum atomic E-state index is -1.82. The molecular formula is C28H30N2O5. The fourth-order valence-electron chi connectivity index (χ4n) is 4.95. The SMILES string of the molecule is O=C(C1CCN(Cc2cccc3ccccc23)CC1)N1CCc2ccccc2C1.O=C(O)C(=O)O. The second-order valence-corrected chi connectivity index (χ2v) is 9.08. The van der Waals surface area contributed by atoms with Crippen LogP contribution in [0.4, 0.5) is 0 Å². The Morgan fingerprint density at radius 1 is 0.771 bits per heavy atom. The molecule has 7 heteroatoms. The van der Waals surface area contributed by atoms with E-state index in [-0.39, 0.29) is 5.92 Å². The number of likely N-dealkylation sites (tertiary alicyclic amines) is 1. The number of rotatable bonds is 3. The summed E-state index contributed by atoms with van der Waals surface area (Å²) in [5.41, 5.74) is 4.11. The van der Waals surface area contributed by atoms with E-state index < -0.39 is 11.9 Å². The molecular weight excluding hydrogens is 444 g/mol. The second-order valence-electron chi connectivity index (χ2n) is 9.08. The van der Waals surface area contributed by atoms with Gasteiger partial charge < -0.3 is 15.1 Å². The van der Waals surface area contributed by atoms with Crippen LogP contribution in [0, 0.1) is 5.92 Å². The number of hydrogen-bond donors (Lipinski definition) is 2. The Kier molecular flexibility index (Phi) is 7.77. The topological polar surface area (TPSA) is 98.2 Å². The van der Waals surface area contributed by atoms with Crippen molar-refractivity contribution in [1.82, 2.24) is 9.80 Å². The molecule has 182 valence electrons. The summed E-state index contributed by atoms with van der Waals surface area (Å²) >= 11 is 0. The van der Waals surface area contributed by atoms with E-state index in [2.05, 4.69) is 76.5 Å². The van der Waals surface area contributed by atoms with E-state index in [4.69, 9.17) is 19.8 Å². The van der Waals surface area contributed by atoms with E-state index in [0.717, 1.165) is 52.0 Å². The average molecular weight is 475 g/mol. The molecule has 2 N–H and O–H groups in total. The molecule has 0 saturated carbocycles. The Morgan fingerprint density at radius 2 is 1.40 bits per heavy atom. The number of fused-ring (bicyclic) bond motifs is 2. The number of carbonyl (C=O) groups excluding carboxylic acids is 1. The van der Waals surface area contributed by atoms with Crippen LogP contribution in [0.2, 0.25) is 0 Å². The van der Waals surface area contributed by atoms with Gasteiger partial charge in [0.2, 0.25) is 5.91 Å². The maximum Gasteiger partial charge on any atom is 0.414 e. The predicted octanol–water partition coefficient (Wildman–Crippen LogP) is 3.79. The number of carboxylic acids is 2. The zero-order valence-corrected chi connectivity index (χ0v) is 19.6. The van der Waals surface area contributed by atoms with Gasteiger partial charge in [0.05, 0.1) is 0 Å². The van der Waals surface area contributed by atoms with Crippen LogP contribution in [-0.2, 0) is 33.9 Å². The number of benzene rings is 3. The van der Waals surface area contributed by atoms with Gasteiger partial charge in [-0.05, 0) is 59.8 Å². The summed E-state index contributed by atoms with van der Waals surface area (Å²) in [7, 11) is 0. The summed E-state index contributed by atoms with van der Waals surface area (Å²) in [5, 5.41) is 17.4. The molecule has 0 aromatic heterocycles. The highest BCUT2D eigenvalue weighted by Gasteiger charge is 2.30. The Labute approximate surface area is 204 Å². The van der Waals surface area contributed by atoms with E-state index in [1.54, 1.807) is 0 Å². The summed E-state index contributed by atoms with van der Waals surface area (Å²) in [5.74, 6) is -3.10. The van der Waals surface area contributed by atoms with E-state index >= 15 is 0 Å². The van der Waals surface area contributed by atoms with Gasteiger partial charge in [0.1, 0.15) is 0 Å². The van der Waals surface area contributed by atoms with Crippen LogP contribution in [-0.4, -0.2) is 57.5 Å². The van der Waals surface area contributed by atoms with Gasteiger partial charge in [-0.1, -0.05) is 66.7 Å². The first-order valence-corrected chi connectivity index (χ1v) is 11.9. The zero-order valence-electron chi connectivity index (χ0n) is 19.6. The van der Waals surface area contributed by atoms with Crippen LogP contribution in [0.15, 0.2) is 66.7 Å². The van der Waals surface area contributed by atoms with Crippen LogP contribution >= 0.6 is 0 Å². The van der Waals surface area contributed by atoms with Gasteiger partial charge in [-0.15, -0.1) is 0 Å². The summed E-state index contributed by atoms with van der Waals surface area (Å²) in [6.07, 6.45) is 2.94.